The third-order valence-corrected chi connectivity index (χ3v) is 6.49. The van der Waals surface area contributed by atoms with Crippen LogP contribution in [0.1, 0.15) is 31.7 Å². The normalized spacial score (nSPS) is 23.5. The van der Waals surface area contributed by atoms with E-state index in [1.807, 2.05) is 19.1 Å². The fourth-order valence-corrected chi connectivity index (χ4v) is 4.93. The predicted octanol–water partition coefficient (Wildman–Crippen LogP) is 4.40. The van der Waals surface area contributed by atoms with E-state index in [1.165, 1.54) is 6.92 Å². The molecule has 1 fully saturated rings. The molecule has 4 unspecified atom stereocenters. The van der Waals surface area contributed by atoms with Crippen LogP contribution in [0.4, 0.5) is 11.4 Å². The number of anilines is 2. The molecular weight excluding hydrogens is 456 g/mol. The third kappa shape index (κ3) is 5.47. The van der Waals surface area contributed by atoms with E-state index in [9.17, 15) is 19.5 Å². The summed E-state index contributed by atoms with van der Waals surface area (Å²) in [6, 6.07) is 24.7. The van der Waals surface area contributed by atoms with Crippen LogP contribution in [0.2, 0.25) is 0 Å². The minimum Gasteiger partial charge on any atom is -0.494 e. The molecule has 3 N–H and O–H groups in total. The van der Waals surface area contributed by atoms with Gasteiger partial charge in [-0.15, -0.1) is 0 Å². The molecule has 4 atom stereocenters. The number of amides is 2. The molecule has 0 bridgehead atoms. The Morgan fingerprint density at radius 2 is 1.42 bits per heavy atom. The summed E-state index contributed by atoms with van der Waals surface area (Å²) in [5, 5.41) is 17.0. The molecule has 0 aliphatic heterocycles. The number of ether oxygens (including phenoxy) is 1. The lowest BCUT2D eigenvalue weighted by Gasteiger charge is -2.44. The van der Waals surface area contributed by atoms with Crippen LogP contribution < -0.4 is 15.4 Å². The van der Waals surface area contributed by atoms with Gasteiger partial charge in [-0.1, -0.05) is 48.5 Å². The number of ketones is 1. The third-order valence-electron chi connectivity index (χ3n) is 6.49. The van der Waals surface area contributed by atoms with Crippen molar-refractivity contribution in [3.63, 3.8) is 0 Å². The van der Waals surface area contributed by atoms with Crippen LogP contribution in [0.5, 0.6) is 5.75 Å². The molecule has 2 amide bonds. The fraction of sp³-hybridized carbons (Fsp3) is 0.276. The lowest BCUT2D eigenvalue weighted by Crippen LogP contribution is -2.56. The van der Waals surface area contributed by atoms with Crippen molar-refractivity contribution in [2.24, 2.45) is 11.8 Å². The summed E-state index contributed by atoms with van der Waals surface area (Å²) in [5.74, 6) is -3.91. The molecule has 3 aromatic rings. The van der Waals surface area contributed by atoms with Gasteiger partial charge in [-0.05, 0) is 55.8 Å². The highest BCUT2D eigenvalue weighted by atomic mass is 16.5. The van der Waals surface area contributed by atoms with Gasteiger partial charge in [0.15, 0.2) is 0 Å². The van der Waals surface area contributed by atoms with Crippen LogP contribution in [-0.2, 0) is 14.4 Å². The standard InChI is InChI=1S/C29H30N2O5/c1-3-36-22-16-14-19(15-17-22)24-25(27(33)30-20-10-6-4-7-11-20)23(32)18-29(2,35)26(24)28(34)31-21-12-8-5-9-13-21/h4-17,24-26,35H,3,18H2,1-2H3,(H,30,33)(H,31,34). The molecule has 1 aliphatic carbocycles. The van der Waals surface area contributed by atoms with E-state index >= 15 is 0 Å². The van der Waals surface area contributed by atoms with Crippen LogP contribution in [0.15, 0.2) is 84.9 Å². The molecule has 0 heterocycles. The van der Waals surface area contributed by atoms with Crippen molar-refractivity contribution in [1.29, 1.82) is 0 Å². The zero-order valence-electron chi connectivity index (χ0n) is 20.3. The number of aliphatic hydroxyl groups is 1. The Hall–Kier alpha value is -3.97. The summed E-state index contributed by atoms with van der Waals surface area (Å²) in [7, 11) is 0. The highest BCUT2D eigenvalue weighted by molar-refractivity contribution is 6.10. The summed E-state index contributed by atoms with van der Waals surface area (Å²) < 4.78 is 5.54. The van der Waals surface area contributed by atoms with E-state index in [4.69, 9.17) is 4.74 Å². The van der Waals surface area contributed by atoms with Gasteiger partial charge in [-0.2, -0.15) is 0 Å². The largest absolute Gasteiger partial charge is 0.494 e. The number of hydrogen-bond acceptors (Lipinski definition) is 5. The number of hydrogen-bond donors (Lipinski definition) is 3. The quantitative estimate of drug-likeness (QED) is 0.429. The summed E-state index contributed by atoms with van der Waals surface area (Å²) >= 11 is 0. The Morgan fingerprint density at radius 3 is 1.94 bits per heavy atom. The second-order valence-electron chi connectivity index (χ2n) is 9.19. The lowest BCUT2D eigenvalue weighted by molar-refractivity contribution is -0.150. The summed E-state index contributed by atoms with van der Waals surface area (Å²) in [4.78, 5) is 40.5. The first-order chi connectivity index (χ1) is 17.3. The minimum absolute atomic E-state index is 0.319. The highest BCUT2D eigenvalue weighted by Gasteiger charge is 2.55. The molecular formula is C29H30N2O5. The lowest BCUT2D eigenvalue weighted by atomic mass is 9.61. The molecule has 36 heavy (non-hydrogen) atoms. The van der Waals surface area contributed by atoms with Crippen LogP contribution in [0.3, 0.4) is 0 Å². The first-order valence-corrected chi connectivity index (χ1v) is 12.0. The van der Waals surface area contributed by atoms with Gasteiger partial charge in [-0.25, -0.2) is 0 Å². The van der Waals surface area contributed by atoms with Gasteiger partial charge >= 0.3 is 0 Å². The van der Waals surface area contributed by atoms with E-state index < -0.39 is 41.0 Å². The average molecular weight is 487 g/mol. The first kappa shape index (κ1) is 25.1. The molecule has 186 valence electrons. The van der Waals surface area contributed by atoms with Gasteiger partial charge in [0.1, 0.15) is 17.5 Å². The topological polar surface area (TPSA) is 105 Å². The zero-order chi connectivity index (χ0) is 25.7. The second-order valence-corrected chi connectivity index (χ2v) is 9.19. The molecule has 1 saturated carbocycles. The van der Waals surface area contributed by atoms with Gasteiger partial charge in [0, 0.05) is 23.7 Å². The number of nitrogens with one attached hydrogen (secondary N) is 2. The molecule has 0 spiro atoms. The molecule has 0 radical (unpaired) electrons. The Balaban J connectivity index is 1.76. The first-order valence-electron chi connectivity index (χ1n) is 12.0. The molecule has 3 aromatic carbocycles. The van der Waals surface area contributed by atoms with Crippen molar-refractivity contribution in [3.05, 3.63) is 90.5 Å². The number of para-hydroxylation sites is 2. The maximum atomic E-state index is 13.6. The maximum absolute atomic E-state index is 13.6. The van der Waals surface area contributed by atoms with E-state index in [0.29, 0.717) is 29.3 Å². The van der Waals surface area contributed by atoms with E-state index in [1.54, 1.807) is 72.8 Å². The molecule has 7 heteroatoms. The smallest absolute Gasteiger partial charge is 0.235 e. The summed E-state index contributed by atoms with van der Waals surface area (Å²) in [6.07, 6.45) is -0.319. The number of carbonyl (C=O) groups excluding carboxylic acids is 3. The maximum Gasteiger partial charge on any atom is 0.235 e. The van der Waals surface area contributed by atoms with Crippen LogP contribution in [0, 0.1) is 11.8 Å². The number of benzene rings is 3. The molecule has 4 rings (SSSR count). The Kier molecular flexibility index (Phi) is 7.50. The fourth-order valence-electron chi connectivity index (χ4n) is 4.93. The van der Waals surface area contributed by atoms with Crippen molar-refractivity contribution in [3.8, 4) is 5.75 Å². The van der Waals surface area contributed by atoms with Gasteiger partial charge in [0.2, 0.25) is 11.8 Å². The number of carbonyl (C=O) groups is 3. The molecule has 0 saturated heterocycles. The number of rotatable bonds is 7. The molecule has 0 aromatic heterocycles. The van der Waals surface area contributed by atoms with Crippen LogP contribution >= 0.6 is 0 Å². The molecule has 7 nitrogen and oxygen atoms in total. The van der Waals surface area contributed by atoms with Gasteiger partial charge in [0.25, 0.3) is 0 Å². The van der Waals surface area contributed by atoms with Crippen molar-refractivity contribution >= 4 is 29.0 Å². The van der Waals surface area contributed by atoms with Gasteiger partial charge in [-0.3, -0.25) is 14.4 Å². The summed E-state index contributed by atoms with van der Waals surface area (Å²) in [6.45, 7) is 3.84. The minimum atomic E-state index is -1.66. The van der Waals surface area contributed by atoms with Crippen molar-refractivity contribution in [2.45, 2.75) is 31.8 Å². The monoisotopic (exact) mass is 486 g/mol. The average Bonchev–Trinajstić information content (AvgIpc) is 2.85. The van der Waals surface area contributed by atoms with E-state index in [-0.39, 0.29) is 6.42 Å². The van der Waals surface area contributed by atoms with Crippen molar-refractivity contribution < 1.29 is 24.2 Å². The van der Waals surface area contributed by atoms with Gasteiger partial charge < -0.3 is 20.5 Å². The van der Waals surface area contributed by atoms with E-state index in [0.717, 1.165) is 0 Å². The second kappa shape index (κ2) is 10.7. The van der Waals surface area contributed by atoms with Crippen molar-refractivity contribution in [2.75, 3.05) is 17.2 Å². The predicted molar refractivity (Wildman–Crippen MR) is 138 cm³/mol. The zero-order valence-corrected chi connectivity index (χ0v) is 20.3. The van der Waals surface area contributed by atoms with E-state index in [2.05, 4.69) is 10.6 Å². The van der Waals surface area contributed by atoms with Crippen LogP contribution in [-0.4, -0.2) is 34.9 Å². The highest BCUT2D eigenvalue weighted by Crippen LogP contribution is 2.46. The van der Waals surface area contributed by atoms with Crippen molar-refractivity contribution in [1.82, 2.24) is 0 Å². The SMILES string of the molecule is CCOc1ccc(C2C(C(=O)Nc3ccccc3)C(=O)CC(C)(O)C2C(=O)Nc2ccccc2)cc1. The van der Waals surface area contributed by atoms with Crippen LogP contribution in [0.25, 0.3) is 0 Å². The molecule has 1 aliphatic rings. The number of Topliss-reactive ketones (excluding diaryl/α,β-unsaturated/α-hetero) is 1. The Morgan fingerprint density at radius 1 is 0.889 bits per heavy atom. The Labute approximate surface area is 210 Å². The Bertz CT molecular complexity index is 1210. The van der Waals surface area contributed by atoms with Gasteiger partial charge in [0.05, 0.1) is 18.1 Å². The summed E-state index contributed by atoms with van der Waals surface area (Å²) in [5.41, 5.74) is 0.0328.